The Balaban J connectivity index is 1.65. The molecule has 23 heavy (non-hydrogen) atoms. The van der Waals surface area contributed by atoms with Crippen LogP contribution < -0.4 is 5.32 Å². The number of carbonyl (C=O) groups excluding carboxylic acids is 1. The summed E-state index contributed by atoms with van der Waals surface area (Å²) in [6, 6.07) is 6.29. The highest BCUT2D eigenvalue weighted by molar-refractivity contribution is 5.87. The van der Waals surface area contributed by atoms with Gasteiger partial charge in [0.25, 0.3) is 5.91 Å². The van der Waals surface area contributed by atoms with Crippen LogP contribution in [0.4, 0.5) is 13.2 Å². The van der Waals surface area contributed by atoms with Crippen molar-refractivity contribution in [3.05, 3.63) is 35.7 Å². The highest BCUT2D eigenvalue weighted by atomic mass is 19.4. The Morgan fingerprint density at radius 2 is 1.96 bits per heavy atom. The molecule has 0 saturated heterocycles. The number of hydrogen-bond donors (Lipinski definition) is 2. The van der Waals surface area contributed by atoms with Crippen LogP contribution in [0.15, 0.2) is 28.8 Å². The highest BCUT2D eigenvalue weighted by Crippen LogP contribution is 2.35. The van der Waals surface area contributed by atoms with Gasteiger partial charge in [0.05, 0.1) is 0 Å². The van der Waals surface area contributed by atoms with E-state index in [-0.39, 0.29) is 12.4 Å². The van der Waals surface area contributed by atoms with E-state index in [0.717, 1.165) is 5.56 Å². The van der Waals surface area contributed by atoms with Gasteiger partial charge in [0, 0.05) is 12.1 Å². The molecule has 0 spiro atoms. The summed E-state index contributed by atoms with van der Waals surface area (Å²) in [6.07, 6.45) is -3.77. The number of aliphatic hydroxyl groups is 1. The average Bonchev–Trinajstić information content (AvgIpc) is 3.06. The molecule has 3 rings (SSSR count). The molecule has 1 heterocycles. The van der Waals surface area contributed by atoms with E-state index in [1.54, 1.807) is 12.1 Å². The second kappa shape index (κ2) is 5.34. The second-order valence-corrected chi connectivity index (χ2v) is 5.33. The lowest BCUT2D eigenvalue weighted by Gasteiger charge is -2.09. The van der Waals surface area contributed by atoms with Crippen LogP contribution in [0.1, 0.15) is 24.3 Å². The average molecular weight is 327 g/mol. The van der Waals surface area contributed by atoms with Crippen molar-refractivity contribution in [2.24, 2.45) is 0 Å². The quantitative estimate of drug-likeness (QED) is 0.895. The maximum absolute atomic E-state index is 12.4. The van der Waals surface area contributed by atoms with Crippen LogP contribution in [-0.2, 0) is 17.5 Å². The number of nitrogens with zero attached hydrogens (tertiary/aromatic N) is 2. The van der Waals surface area contributed by atoms with E-state index >= 15 is 0 Å². The van der Waals surface area contributed by atoms with Crippen LogP contribution in [0.25, 0.3) is 11.4 Å². The monoisotopic (exact) mass is 327 g/mol. The van der Waals surface area contributed by atoms with Crippen LogP contribution in [0.2, 0.25) is 0 Å². The standard InChI is InChI=1S/C14H12F3N3O3/c15-14(16,17)12-19-10(20-23-12)9-3-1-8(2-4-9)7-18-11(21)13(22)5-6-13/h1-4,22H,5-7H2,(H,18,21). The van der Waals surface area contributed by atoms with Crippen LogP contribution in [0, 0.1) is 0 Å². The van der Waals surface area contributed by atoms with Gasteiger partial charge in [-0.3, -0.25) is 4.79 Å². The van der Waals surface area contributed by atoms with Crippen molar-refractivity contribution in [2.75, 3.05) is 0 Å². The zero-order valence-electron chi connectivity index (χ0n) is 11.7. The number of hydrogen-bond acceptors (Lipinski definition) is 5. The lowest BCUT2D eigenvalue weighted by molar-refractivity contribution is -0.159. The Labute approximate surface area is 128 Å². The maximum atomic E-state index is 12.4. The zero-order chi connectivity index (χ0) is 16.7. The van der Waals surface area contributed by atoms with Gasteiger partial charge < -0.3 is 14.9 Å². The minimum atomic E-state index is -4.68. The smallest absolute Gasteiger partial charge is 0.380 e. The Hall–Kier alpha value is -2.42. The first kappa shape index (κ1) is 15.5. The molecule has 122 valence electrons. The summed E-state index contributed by atoms with van der Waals surface area (Å²) >= 11 is 0. The second-order valence-electron chi connectivity index (χ2n) is 5.33. The Morgan fingerprint density at radius 1 is 1.30 bits per heavy atom. The van der Waals surface area contributed by atoms with E-state index in [1.807, 2.05) is 0 Å². The molecule has 2 N–H and O–H groups in total. The maximum Gasteiger partial charge on any atom is 0.471 e. The summed E-state index contributed by atoms with van der Waals surface area (Å²) in [7, 11) is 0. The van der Waals surface area contributed by atoms with Crippen molar-refractivity contribution >= 4 is 5.91 Å². The van der Waals surface area contributed by atoms with Crippen molar-refractivity contribution in [1.29, 1.82) is 0 Å². The summed E-state index contributed by atoms with van der Waals surface area (Å²) in [4.78, 5) is 14.9. The van der Waals surface area contributed by atoms with Crippen LogP contribution >= 0.6 is 0 Å². The summed E-state index contributed by atoms with van der Waals surface area (Å²) in [5, 5.41) is 15.5. The molecule has 2 aromatic rings. The van der Waals surface area contributed by atoms with Gasteiger partial charge in [-0.05, 0) is 18.4 Å². The zero-order valence-corrected chi connectivity index (χ0v) is 11.7. The minimum absolute atomic E-state index is 0.166. The topological polar surface area (TPSA) is 88.3 Å². The van der Waals surface area contributed by atoms with Gasteiger partial charge in [0.2, 0.25) is 5.82 Å². The van der Waals surface area contributed by atoms with E-state index in [0.29, 0.717) is 18.4 Å². The molecule has 1 amide bonds. The van der Waals surface area contributed by atoms with E-state index < -0.39 is 23.6 Å². The molecule has 1 aromatic carbocycles. The SMILES string of the molecule is O=C(NCc1ccc(-c2noc(C(F)(F)F)n2)cc1)C1(O)CC1. The molecule has 0 unspecified atom stereocenters. The Bertz CT molecular complexity index is 721. The number of nitrogens with one attached hydrogen (secondary N) is 1. The molecular weight excluding hydrogens is 315 g/mol. The predicted molar refractivity (Wildman–Crippen MR) is 70.8 cm³/mol. The fraction of sp³-hybridized carbons (Fsp3) is 0.357. The lowest BCUT2D eigenvalue weighted by atomic mass is 10.1. The minimum Gasteiger partial charge on any atom is -0.380 e. The molecule has 9 heteroatoms. The number of aromatic nitrogens is 2. The first-order chi connectivity index (χ1) is 10.8. The van der Waals surface area contributed by atoms with Gasteiger partial charge in [-0.25, -0.2) is 0 Å². The number of rotatable bonds is 4. The van der Waals surface area contributed by atoms with Crippen molar-refractivity contribution in [3.63, 3.8) is 0 Å². The first-order valence-corrected chi connectivity index (χ1v) is 6.79. The number of halogens is 3. The van der Waals surface area contributed by atoms with E-state index in [2.05, 4.69) is 20.0 Å². The van der Waals surface area contributed by atoms with Gasteiger partial charge in [0.1, 0.15) is 5.60 Å². The predicted octanol–water partition coefficient (Wildman–Crippen LogP) is 1.90. The van der Waals surface area contributed by atoms with Crippen molar-refractivity contribution < 1.29 is 27.6 Å². The fourth-order valence-corrected chi connectivity index (χ4v) is 1.92. The van der Waals surface area contributed by atoms with Crippen molar-refractivity contribution in [1.82, 2.24) is 15.5 Å². The molecule has 1 aromatic heterocycles. The molecule has 0 atom stereocenters. The molecule has 1 saturated carbocycles. The van der Waals surface area contributed by atoms with Crippen LogP contribution in [0.3, 0.4) is 0 Å². The molecule has 1 aliphatic carbocycles. The van der Waals surface area contributed by atoms with Crippen molar-refractivity contribution in [2.45, 2.75) is 31.2 Å². The highest BCUT2D eigenvalue weighted by Gasteiger charge is 2.47. The van der Waals surface area contributed by atoms with Crippen LogP contribution in [0.5, 0.6) is 0 Å². The Morgan fingerprint density at radius 3 is 2.48 bits per heavy atom. The van der Waals surface area contributed by atoms with E-state index in [9.17, 15) is 23.1 Å². The molecule has 1 aliphatic rings. The van der Waals surface area contributed by atoms with Gasteiger partial charge in [-0.2, -0.15) is 18.2 Å². The molecule has 0 radical (unpaired) electrons. The van der Waals surface area contributed by atoms with Gasteiger partial charge >= 0.3 is 12.1 Å². The summed E-state index contributed by atoms with van der Waals surface area (Å²) in [5.41, 5.74) is -0.149. The third kappa shape index (κ3) is 3.34. The Kier molecular flexibility index (Phi) is 3.59. The fourth-order valence-electron chi connectivity index (χ4n) is 1.92. The number of carbonyl (C=O) groups is 1. The van der Waals surface area contributed by atoms with Crippen molar-refractivity contribution in [3.8, 4) is 11.4 Å². The number of amides is 1. The molecule has 0 aliphatic heterocycles. The van der Waals surface area contributed by atoms with Gasteiger partial charge in [0.15, 0.2) is 0 Å². The van der Waals surface area contributed by atoms with Crippen LogP contribution in [-0.4, -0.2) is 26.8 Å². The number of benzene rings is 1. The number of alkyl halides is 3. The van der Waals surface area contributed by atoms with E-state index in [1.165, 1.54) is 12.1 Å². The lowest BCUT2D eigenvalue weighted by Crippen LogP contribution is -2.35. The molecular formula is C14H12F3N3O3. The normalized spacial score (nSPS) is 16.2. The first-order valence-electron chi connectivity index (χ1n) is 6.79. The molecule has 1 fully saturated rings. The largest absolute Gasteiger partial charge is 0.471 e. The summed E-state index contributed by atoms with van der Waals surface area (Å²) in [5.74, 6) is -1.99. The third-order valence-corrected chi connectivity index (χ3v) is 3.48. The third-order valence-electron chi connectivity index (χ3n) is 3.48. The summed E-state index contributed by atoms with van der Waals surface area (Å²) in [6.45, 7) is 0.210. The van der Waals surface area contributed by atoms with E-state index in [4.69, 9.17) is 0 Å². The molecule has 6 nitrogen and oxygen atoms in total. The van der Waals surface area contributed by atoms with Gasteiger partial charge in [-0.1, -0.05) is 29.4 Å². The molecule has 0 bridgehead atoms. The summed E-state index contributed by atoms with van der Waals surface area (Å²) < 4.78 is 41.4. The van der Waals surface area contributed by atoms with Gasteiger partial charge in [-0.15, -0.1) is 0 Å².